The van der Waals surface area contributed by atoms with Crippen LogP contribution in [0.2, 0.25) is 0 Å². The third-order valence-corrected chi connectivity index (χ3v) is 4.16. The van der Waals surface area contributed by atoms with Crippen LogP contribution in [0.1, 0.15) is 50.8 Å². The average Bonchev–Trinajstić information content (AvgIpc) is 2.49. The van der Waals surface area contributed by atoms with E-state index >= 15 is 0 Å². The molecule has 0 amide bonds. The maximum Gasteiger partial charge on any atom is 0.248 e. The summed E-state index contributed by atoms with van der Waals surface area (Å²) < 4.78 is 32.1. The number of rotatable bonds is 6. The van der Waals surface area contributed by atoms with Crippen LogP contribution in [0.5, 0.6) is 5.75 Å². The molecule has 1 unspecified atom stereocenters. The first-order valence-corrected chi connectivity index (χ1v) is 7.67. The second kappa shape index (κ2) is 7.16. The normalized spacial score (nSPS) is 20.2. The molecule has 0 bridgehead atoms. The van der Waals surface area contributed by atoms with E-state index in [0.29, 0.717) is 12.8 Å². The van der Waals surface area contributed by atoms with Gasteiger partial charge < -0.3 is 10.1 Å². The summed E-state index contributed by atoms with van der Waals surface area (Å²) in [6, 6.07) is 3.69. The number of hydrogen-bond acceptors (Lipinski definition) is 3. The Morgan fingerprint density at radius 3 is 2.76 bits per heavy atom. The van der Waals surface area contributed by atoms with Gasteiger partial charge in [-0.3, -0.25) is 4.98 Å². The minimum absolute atomic E-state index is 0.0165. The lowest BCUT2D eigenvalue weighted by Gasteiger charge is -2.34. The van der Waals surface area contributed by atoms with Crippen molar-refractivity contribution in [3.8, 4) is 5.75 Å². The molecule has 0 spiro atoms. The molecule has 0 saturated heterocycles. The van der Waals surface area contributed by atoms with Crippen LogP contribution in [-0.4, -0.2) is 24.6 Å². The Kier molecular flexibility index (Phi) is 5.51. The van der Waals surface area contributed by atoms with Crippen molar-refractivity contribution in [1.29, 1.82) is 0 Å². The fraction of sp³-hybridized carbons (Fsp3) is 0.688. The Morgan fingerprint density at radius 1 is 1.43 bits per heavy atom. The lowest BCUT2D eigenvalue weighted by atomic mass is 9.80. The Labute approximate surface area is 125 Å². The molecule has 1 aliphatic carbocycles. The summed E-state index contributed by atoms with van der Waals surface area (Å²) in [4.78, 5) is 4.44. The molecule has 0 radical (unpaired) electrons. The van der Waals surface area contributed by atoms with Gasteiger partial charge >= 0.3 is 0 Å². The molecule has 1 heterocycles. The van der Waals surface area contributed by atoms with Crippen LogP contribution in [0, 0.1) is 5.92 Å². The van der Waals surface area contributed by atoms with E-state index in [1.807, 2.05) is 12.1 Å². The number of halogens is 2. The first-order valence-electron chi connectivity index (χ1n) is 7.67. The van der Waals surface area contributed by atoms with Crippen LogP contribution in [0.15, 0.2) is 18.3 Å². The van der Waals surface area contributed by atoms with Crippen LogP contribution < -0.4 is 10.1 Å². The van der Waals surface area contributed by atoms with Crippen molar-refractivity contribution in [2.45, 2.75) is 51.0 Å². The Balaban J connectivity index is 2.18. The monoisotopic (exact) mass is 298 g/mol. The Morgan fingerprint density at radius 2 is 2.14 bits per heavy atom. The van der Waals surface area contributed by atoms with Gasteiger partial charge in [0.05, 0.1) is 18.8 Å². The molecule has 5 heteroatoms. The van der Waals surface area contributed by atoms with Crippen molar-refractivity contribution in [2.24, 2.45) is 5.92 Å². The third-order valence-electron chi connectivity index (χ3n) is 4.16. The Hall–Kier alpha value is -1.23. The molecule has 21 heavy (non-hydrogen) atoms. The minimum Gasteiger partial charge on any atom is -0.495 e. The number of alkyl halides is 2. The van der Waals surface area contributed by atoms with Gasteiger partial charge in [0, 0.05) is 19.0 Å². The number of pyridine rings is 1. The molecule has 3 nitrogen and oxygen atoms in total. The SMILES string of the molecule is CCCNC(c1ncccc1OC)C1CCC(F)(F)CC1. The highest BCUT2D eigenvalue weighted by Crippen LogP contribution is 2.42. The molecule has 1 N–H and O–H groups in total. The maximum absolute atomic E-state index is 13.4. The molecule has 0 aliphatic heterocycles. The summed E-state index contributed by atoms with van der Waals surface area (Å²) >= 11 is 0. The van der Waals surface area contributed by atoms with Crippen LogP contribution in [0.25, 0.3) is 0 Å². The van der Waals surface area contributed by atoms with Crippen LogP contribution >= 0.6 is 0 Å². The summed E-state index contributed by atoms with van der Waals surface area (Å²) in [7, 11) is 1.62. The standard InChI is InChI=1S/C16H24F2N2O/c1-3-10-19-14(12-6-8-16(17,18)9-7-12)15-13(21-2)5-4-11-20-15/h4-5,11-12,14,19H,3,6-10H2,1-2H3. The van der Waals surface area contributed by atoms with Gasteiger partial charge in [0.2, 0.25) is 5.92 Å². The van der Waals surface area contributed by atoms with Crippen LogP contribution in [0.3, 0.4) is 0 Å². The Bertz CT molecular complexity index is 444. The van der Waals surface area contributed by atoms with Gasteiger partial charge in [0.15, 0.2) is 0 Å². The molecular weight excluding hydrogens is 274 g/mol. The molecule has 0 aromatic carbocycles. The van der Waals surface area contributed by atoms with Crippen molar-refractivity contribution in [2.75, 3.05) is 13.7 Å². The zero-order valence-electron chi connectivity index (χ0n) is 12.7. The predicted octanol–water partition coefficient (Wildman–Crippen LogP) is 3.96. The molecule has 1 fully saturated rings. The van der Waals surface area contributed by atoms with Crippen LogP contribution in [0.4, 0.5) is 8.78 Å². The topological polar surface area (TPSA) is 34.2 Å². The average molecular weight is 298 g/mol. The molecular formula is C16H24F2N2O. The molecule has 1 atom stereocenters. The van der Waals surface area contributed by atoms with Gasteiger partial charge in [0.1, 0.15) is 5.75 Å². The lowest BCUT2D eigenvalue weighted by Crippen LogP contribution is -2.35. The van der Waals surface area contributed by atoms with E-state index in [0.717, 1.165) is 24.4 Å². The number of nitrogens with one attached hydrogen (secondary N) is 1. The zero-order chi connectivity index (χ0) is 15.3. The fourth-order valence-corrected chi connectivity index (χ4v) is 2.99. The number of hydrogen-bond donors (Lipinski definition) is 1. The second-order valence-electron chi connectivity index (χ2n) is 5.72. The molecule has 1 saturated carbocycles. The van der Waals surface area contributed by atoms with Gasteiger partial charge in [0.25, 0.3) is 0 Å². The van der Waals surface area contributed by atoms with Crippen molar-refractivity contribution >= 4 is 0 Å². The van der Waals surface area contributed by atoms with Crippen molar-refractivity contribution in [3.05, 3.63) is 24.0 Å². The molecule has 1 aromatic heterocycles. The zero-order valence-corrected chi connectivity index (χ0v) is 12.7. The summed E-state index contributed by atoms with van der Waals surface area (Å²) in [5, 5.41) is 3.47. The van der Waals surface area contributed by atoms with E-state index in [-0.39, 0.29) is 24.8 Å². The summed E-state index contributed by atoms with van der Waals surface area (Å²) in [5.41, 5.74) is 0.837. The predicted molar refractivity (Wildman–Crippen MR) is 78.7 cm³/mol. The number of aromatic nitrogens is 1. The molecule has 1 aromatic rings. The number of nitrogens with zero attached hydrogens (tertiary/aromatic N) is 1. The highest BCUT2D eigenvalue weighted by molar-refractivity contribution is 5.30. The van der Waals surface area contributed by atoms with Crippen molar-refractivity contribution in [1.82, 2.24) is 10.3 Å². The summed E-state index contributed by atoms with van der Waals surface area (Å²) in [6.45, 7) is 2.94. The largest absolute Gasteiger partial charge is 0.495 e. The van der Waals surface area contributed by atoms with Gasteiger partial charge in [-0.05, 0) is 43.9 Å². The molecule has 2 rings (SSSR count). The third kappa shape index (κ3) is 4.13. The van der Waals surface area contributed by atoms with E-state index in [1.54, 1.807) is 13.3 Å². The number of ether oxygens (including phenoxy) is 1. The van der Waals surface area contributed by atoms with Gasteiger partial charge in [-0.25, -0.2) is 8.78 Å². The summed E-state index contributed by atoms with van der Waals surface area (Å²) in [6.07, 6.45) is 3.71. The van der Waals surface area contributed by atoms with Crippen molar-refractivity contribution in [3.63, 3.8) is 0 Å². The minimum atomic E-state index is -2.50. The van der Waals surface area contributed by atoms with Crippen molar-refractivity contribution < 1.29 is 13.5 Å². The summed E-state index contributed by atoms with van der Waals surface area (Å²) in [5.74, 6) is -1.59. The van der Waals surface area contributed by atoms with Gasteiger partial charge in [-0.2, -0.15) is 0 Å². The smallest absolute Gasteiger partial charge is 0.248 e. The molecule has 1 aliphatic rings. The molecule has 118 valence electrons. The van der Waals surface area contributed by atoms with Gasteiger partial charge in [-0.15, -0.1) is 0 Å². The van der Waals surface area contributed by atoms with E-state index < -0.39 is 5.92 Å². The number of methoxy groups -OCH3 is 1. The second-order valence-corrected chi connectivity index (χ2v) is 5.72. The highest BCUT2D eigenvalue weighted by Gasteiger charge is 2.38. The van der Waals surface area contributed by atoms with E-state index in [2.05, 4.69) is 17.2 Å². The maximum atomic E-state index is 13.4. The highest BCUT2D eigenvalue weighted by atomic mass is 19.3. The lowest BCUT2D eigenvalue weighted by molar-refractivity contribution is -0.0499. The van der Waals surface area contributed by atoms with E-state index in [9.17, 15) is 8.78 Å². The van der Waals surface area contributed by atoms with E-state index in [4.69, 9.17) is 4.74 Å². The quantitative estimate of drug-likeness (QED) is 0.863. The fourth-order valence-electron chi connectivity index (χ4n) is 2.99. The van der Waals surface area contributed by atoms with Gasteiger partial charge in [-0.1, -0.05) is 6.92 Å². The first kappa shape index (κ1) is 16.1. The van der Waals surface area contributed by atoms with Crippen LogP contribution in [-0.2, 0) is 0 Å². The first-order chi connectivity index (χ1) is 10.1. The van der Waals surface area contributed by atoms with E-state index in [1.165, 1.54) is 0 Å².